The van der Waals surface area contributed by atoms with Crippen molar-refractivity contribution < 1.29 is 14.7 Å². The quantitative estimate of drug-likeness (QED) is 0.875. The van der Waals surface area contributed by atoms with Gasteiger partial charge in [-0.1, -0.05) is 44.2 Å². The standard InChI is InChI=1S/C17H23NO3/c1-12(2)11-17(16(20)21,14-7-5-4-6-8-14)18(13(3)19)15-9-10-15/h4-8,12,15H,9-11H2,1-3H3,(H,20,21). The fourth-order valence-corrected chi connectivity index (χ4v) is 3.14. The zero-order chi connectivity index (χ0) is 15.6. The summed E-state index contributed by atoms with van der Waals surface area (Å²) in [6, 6.07) is 9.21. The number of hydrogen-bond donors (Lipinski definition) is 1. The number of carbonyl (C=O) groups is 2. The first kappa shape index (κ1) is 15.5. The monoisotopic (exact) mass is 289 g/mol. The molecule has 0 heterocycles. The number of rotatable bonds is 6. The first-order chi connectivity index (χ1) is 9.89. The van der Waals surface area contributed by atoms with Crippen LogP contribution in [0.4, 0.5) is 0 Å². The number of nitrogens with zero attached hydrogens (tertiary/aromatic N) is 1. The third kappa shape index (κ3) is 2.94. The summed E-state index contributed by atoms with van der Waals surface area (Å²) in [6.07, 6.45) is 2.20. The number of amides is 1. The lowest BCUT2D eigenvalue weighted by Gasteiger charge is -2.42. The molecule has 0 aliphatic heterocycles. The van der Waals surface area contributed by atoms with Crippen LogP contribution in [0.3, 0.4) is 0 Å². The van der Waals surface area contributed by atoms with Gasteiger partial charge in [-0.15, -0.1) is 0 Å². The van der Waals surface area contributed by atoms with Gasteiger partial charge in [0.25, 0.3) is 0 Å². The normalized spacial score (nSPS) is 17.3. The SMILES string of the molecule is CC(=O)N(C1CC1)C(CC(C)C)(C(=O)O)c1ccccc1. The van der Waals surface area contributed by atoms with Crippen molar-refractivity contribution in [1.29, 1.82) is 0 Å². The van der Waals surface area contributed by atoms with Crippen LogP contribution >= 0.6 is 0 Å². The maximum absolute atomic E-state index is 12.2. The molecular formula is C17H23NO3. The Bertz CT molecular complexity index is 522. The van der Waals surface area contributed by atoms with Gasteiger partial charge < -0.3 is 10.0 Å². The molecule has 1 aliphatic carbocycles. The highest BCUT2D eigenvalue weighted by atomic mass is 16.4. The number of carboxylic acids is 1. The second-order valence-electron chi connectivity index (χ2n) is 6.25. The van der Waals surface area contributed by atoms with Gasteiger partial charge in [-0.2, -0.15) is 0 Å². The van der Waals surface area contributed by atoms with Gasteiger partial charge in [0.1, 0.15) is 0 Å². The predicted octanol–water partition coefficient (Wildman–Crippen LogP) is 3.02. The van der Waals surface area contributed by atoms with Gasteiger partial charge >= 0.3 is 5.97 Å². The molecule has 1 unspecified atom stereocenters. The van der Waals surface area contributed by atoms with E-state index in [1.807, 2.05) is 44.2 Å². The van der Waals surface area contributed by atoms with Crippen molar-refractivity contribution in [3.63, 3.8) is 0 Å². The van der Waals surface area contributed by atoms with E-state index in [0.717, 1.165) is 12.8 Å². The Morgan fingerprint density at radius 3 is 2.24 bits per heavy atom. The molecule has 0 aromatic heterocycles. The minimum atomic E-state index is -1.26. The van der Waals surface area contributed by atoms with Crippen LogP contribution in [0.5, 0.6) is 0 Å². The van der Waals surface area contributed by atoms with E-state index in [0.29, 0.717) is 12.0 Å². The van der Waals surface area contributed by atoms with Crippen LogP contribution in [-0.4, -0.2) is 27.9 Å². The maximum atomic E-state index is 12.2. The van der Waals surface area contributed by atoms with Crippen molar-refractivity contribution in [2.75, 3.05) is 0 Å². The highest BCUT2D eigenvalue weighted by molar-refractivity contribution is 5.88. The van der Waals surface area contributed by atoms with Crippen molar-refractivity contribution in [3.05, 3.63) is 35.9 Å². The van der Waals surface area contributed by atoms with Gasteiger partial charge in [0.2, 0.25) is 5.91 Å². The Labute approximate surface area is 125 Å². The summed E-state index contributed by atoms with van der Waals surface area (Å²) < 4.78 is 0. The van der Waals surface area contributed by atoms with Crippen LogP contribution in [0.2, 0.25) is 0 Å². The summed E-state index contributed by atoms with van der Waals surface area (Å²) in [5.74, 6) is -0.934. The molecule has 1 atom stereocenters. The predicted molar refractivity (Wildman–Crippen MR) is 80.8 cm³/mol. The Kier molecular flexibility index (Phi) is 4.35. The fraction of sp³-hybridized carbons (Fsp3) is 0.529. The molecule has 1 saturated carbocycles. The largest absolute Gasteiger partial charge is 0.479 e. The third-order valence-corrected chi connectivity index (χ3v) is 3.97. The molecule has 1 fully saturated rings. The third-order valence-electron chi connectivity index (χ3n) is 3.97. The molecule has 0 bridgehead atoms. The summed E-state index contributed by atoms with van der Waals surface area (Å²) in [5.41, 5.74) is -0.573. The highest BCUT2D eigenvalue weighted by Gasteiger charge is 2.52. The molecule has 0 radical (unpaired) electrons. The molecule has 1 aliphatic rings. The summed E-state index contributed by atoms with van der Waals surface area (Å²) >= 11 is 0. The Morgan fingerprint density at radius 1 is 1.29 bits per heavy atom. The fourth-order valence-electron chi connectivity index (χ4n) is 3.14. The molecular weight excluding hydrogens is 266 g/mol. The van der Waals surface area contributed by atoms with Gasteiger partial charge in [0.15, 0.2) is 5.54 Å². The molecule has 114 valence electrons. The molecule has 21 heavy (non-hydrogen) atoms. The first-order valence-corrected chi connectivity index (χ1v) is 7.48. The molecule has 4 heteroatoms. The average Bonchev–Trinajstić information content (AvgIpc) is 3.22. The zero-order valence-electron chi connectivity index (χ0n) is 12.9. The van der Waals surface area contributed by atoms with E-state index in [1.165, 1.54) is 6.92 Å². The van der Waals surface area contributed by atoms with E-state index in [1.54, 1.807) is 4.90 Å². The summed E-state index contributed by atoms with van der Waals surface area (Å²) in [4.78, 5) is 26.0. The number of carbonyl (C=O) groups excluding carboxylic acids is 1. The molecule has 1 amide bonds. The zero-order valence-corrected chi connectivity index (χ0v) is 12.9. The number of benzene rings is 1. The highest BCUT2D eigenvalue weighted by Crippen LogP contribution is 2.42. The van der Waals surface area contributed by atoms with Gasteiger partial charge in [0.05, 0.1) is 0 Å². The lowest BCUT2D eigenvalue weighted by atomic mass is 9.80. The molecule has 0 spiro atoms. The van der Waals surface area contributed by atoms with Crippen LogP contribution in [-0.2, 0) is 15.1 Å². The number of aliphatic carboxylic acids is 1. The van der Waals surface area contributed by atoms with Crippen LogP contribution in [0.15, 0.2) is 30.3 Å². The van der Waals surface area contributed by atoms with E-state index in [9.17, 15) is 14.7 Å². The molecule has 4 nitrogen and oxygen atoms in total. The lowest BCUT2D eigenvalue weighted by molar-refractivity contribution is -0.162. The van der Waals surface area contributed by atoms with E-state index in [2.05, 4.69) is 0 Å². The van der Waals surface area contributed by atoms with Crippen molar-refractivity contribution in [2.24, 2.45) is 5.92 Å². The Morgan fingerprint density at radius 2 is 1.86 bits per heavy atom. The first-order valence-electron chi connectivity index (χ1n) is 7.48. The van der Waals surface area contributed by atoms with Gasteiger partial charge in [0, 0.05) is 13.0 Å². The summed E-state index contributed by atoms with van der Waals surface area (Å²) in [7, 11) is 0. The summed E-state index contributed by atoms with van der Waals surface area (Å²) in [6.45, 7) is 5.46. The van der Waals surface area contributed by atoms with E-state index >= 15 is 0 Å². The average molecular weight is 289 g/mol. The second kappa shape index (κ2) is 5.88. The molecule has 2 rings (SSSR count). The van der Waals surface area contributed by atoms with E-state index in [4.69, 9.17) is 0 Å². The Hall–Kier alpha value is -1.84. The number of hydrogen-bond acceptors (Lipinski definition) is 2. The number of carboxylic acid groups (broad SMARTS) is 1. The van der Waals surface area contributed by atoms with E-state index < -0.39 is 11.5 Å². The lowest BCUT2D eigenvalue weighted by Crippen LogP contribution is -2.55. The minimum Gasteiger partial charge on any atom is -0.479 e. The summed E-state index contributed by atoms with van der Waals surface area (Å²) in [5, 5.41) is 10.0. The minimum absolute atomic E-state index is 0.0533. The molecule has 1 aromatic carbocycles. The van der Waals surface area contributed by atoms with Crippen molar-refractivity contribution in [1.82, 2.24) is 4.90 Å². The van der Waals surface area contributed by atoms with Crippen LogP contribution in [0.25, 0.3) is 0 Å². The van der Waals surface area contributed by atoms with Crippen LogP contribution in [0.1, 0.15) is 45.6 Å². The van der Waals surface area contributed by atoms with Gasteiger partial charge in [-0.05, 0) is 30.7 Å². The van der Waals surface area contributed by atoms with Crippen LogP contribution in [0, 0.1) is 5.92 Å². The van der Waals surface area contributed by atoms with Crippen LogP contribution < -0.4 is 0 Å². The van der Waals surface area contributed by atoms with Gasteiger partial charge in [-0.3, -0.25) is 4.79 Å². The molecule has 1 N–H and O–H groups in total. The molecule has 0 saturated heterocycles. The van der Waals surface area contributed by atoms with E-state index in [-0.39, 0.29) is 17.9 Å². The Balaban J connectivity index is 2.60. The smallest absolute Gasteiger partial charge is 0.334 e. The second-order valence-corrected chi connectivity index (χ2v) is 6.25. The molecule has 1 aromatic rings. The topological polar surface area (TPSA) is 57.6 Å². The van der Waals surface area contributed by atoms with Crippen molar-refractivity contribution >= 4 is 11.9 Å². The van der Waals surface area contributed by atoms with Crippen molar-refractivity contribution in [3.8, 4) is 0 Å². The maximum Gasteiger partial charge on any atom is 0.334 e. The van der Waals surface area contributed by atoms with Crippen molar-refractivity contribution in [2.45, 2.75) is 51.6 Å². The van der Waals surface area contributed by atoms with Gasteiger partial charge in [-0.25, -0.2) is 4.79 Å².